The number of hydrogen-bond donors (Lipinski definition) is 2. The molecule has 0 saturated carbocycles. The van der Waals surface area contributed by atoms with Crippen molar-refractivity contribution in [2.45, 2.75) is 38.6 Å². The minimum absolute atomic E-state index is 0. The Hall–Kier alpha value is -1.09. The fourth-order valence-corrected chi connectivity index (χ4v) is 4.36. The summed E-state index contributed by atoms with van der Waals surface area (Å²) in [7, 11) is 4.04. The number of aryl methyl sites for hydroxylation is 1. The van der Waals surface area contributed by atoms with Gasteiger partial charge >= 0.3 is 0 Å². The molecule has 0 radical (unpaired) electrons. The second-order valence-corrected chi connectivity index (χ2v) is 8.08. The van der Waals surface area contributed by atoms with Crippen LogP contribution >= 0.6 is 24.0 Å². The maximum atomic E-state index is 13.4. The van der Waals surface area contributed by atoms with E-state index in [1.165, 1.54) is 19.4 Å². The molecule has 0 amide bonds. The zero-order valence-electron chi connectivity index (χ0n) is 17.4. The summed E-state index contributed by atoms with van der Waals surface area (Å²) >= 11 is 0. The largest absolute Gasteiger partial charge is 0.369 e. The number of guanidine groups is 1. The molecular formula is C21H35FIN5. The number of rotatable bonds is 4. The summed E-state index contributed by atoms with van der Waals surface area (Å²) in [4.78, 5) is 9.20. The SMILES string of the molecule is CN=C(NCC1CCCN(C)C1)NC1CCCN(c2ccc(F)cc2C)C1.I. The highest BCUT2D eigenvalue weighted by atomic mass is 127. The van der Waals surface area contributed by atoms with Crippen LogP contribution in [0.25, 0.3) is 0 Å². The molecular weight excluding hydrogens is 468 g/mol. The van der Waals surface area contributed by atoms with Gasteiger partial charge in [0.15, 0.2) is 5.96 Å². The fourth-order valence-electron chi connectivity index (χ4n) is 4.36. The summed E-state index contributed by atoms with van der Waals surface area (Å²) in [6.45, 7) is 7.26. The van der Waals surface area contributed by atoms with Gasteiger partial charge in [-0.15, -0.1) is 24.0 Å². The first-order valence-electron chi connectivity index (χ1n) is 10.2. The predicted octanol–water partition coefficient (Wildman–Crippen LogP) is 3.23. The lowest BCUT2D eigenvalue weighted by molar-refractivity contribution is 0.210. The Kier molecular flexibility index (Phi) is 9.27. The van der Waals surface area contributed by atoms with Gasteiger partial charge in [0.1, 0.15) is 5.82 Å². The van der Waals surface area contributed by atoms with Gasteiger partial charge in [-0.2, -0.15) is 0 Å². The molecule has 7 heteroatoms. The highest BCUT2D eigenvalue weighted by Crippen LogP contribution is 2.24. The number of nitrogens with zero attached hydrogens (tertiary/aromatic N) is 3. The lowest BCUT2D eigenvalue weighted by Gasteiger charge is -2.36. The molecule has 2 aliphatic heterocycles. The van der Waals surface area contributed by atoms with Gasteiger partial charge in [-0.05, 0) is 75.9 Å². The summed E-state index contributed by atoms with van der Waals surface area (Å²) in [5, 5.41) is 7.12. The molecule has 2 fully saturated rings. The Morgan fingerprint density at radius 2 is 2.00 bits per heavy atom. The number of nitrogens with one attached hydrogen (secondary N) is 2. The standard InChI is InChI=1S/C21H34FN5.HI/c1-16-12-18(22)8-9-20(16)27-11-5-7-19(15-27)25-21(23-2)24-13-17-6-4-10-26(3)14-17;/h8-9,12,17,19H,4-7,10-11,13-15H2,1-3H3,(H2,23,24,25);1H. The van der Waals surface area contributed by atoms with E-state index in [1.807, 2.05) is 20.0 Å². The van der Waals surface area contributed by atoms with Crippen molar-refractivity contribution in [3.63, 3.8) is 0 Å². The third-order valence-electron chi connectivity index (χ3n) is 5.77. The molecule has 0 aromatic heterocycles. The second-order valence-electron chi connectivity index (χ2n) is 8.08. The molecule has 1 aromatic carbocycles. The Bertz CT molecular complexity index is 654. The Balaban J connectivity index is 0.00000280. The number of hydrogen-bond acceptors (Lipinski definition) is 3. The second kappa shape index (κ2) is 11.2. The van der Waals surface area contributed by atoms with E-state index in [0.717, 1.165) is 56.2 Å². The molecule has 1 aromatic rings. The molecule has 2 N–H and O–H groups in total. The number of halogens is 2. The molecule has 5 nitrogen and oxygen atoms in total. The van der Waals surface area contributed by atoms with Crippen molar-refractivity contribution in [3.8, 4) is 0 Å². The molecule has 2 atom stereocenters. The van der Waals surface area contributed by atoms with Gasteiger partial charge in [-0.25, -0.2) is 4.39 Å². The van der Waals surface area contributed by atoms with E-state index in [-0.39, 0.29) is 29.8 Å². The highest BCUT2D eigenvalue weighted by Gasteiger charge is 2.23. The minimum atomic E-state index is -0.166. The van der Waals surface area contributed by atoms with Gasteiger partial charge in [0.25, 0.3) is 0 Å². The molecule has 2 unspecified atom stereocenters. The summed E-state index contributed by atoms with van der Waals surface area (Å²) < 4.78 is 13.4. The smallest absolute Gasteiger partial charge is 0.191 e. The van der Waals surface area contributed by atoms with E-state index in [9.17, 15) is 4.39 Å². The van der Waals surface area contributed by atoms with E-state index in [2.05, 4.69) is 32.5 Å². The van der Waals surface area contributed by atoms with Crippen LogP contribution in [-0.2, 0) is 0 Å². The van der Waals surface area contributed by atoms with Crippen LogP contribution in [0.1, 0.15) is 31.2 Å². The maximum absolute atomic E-state index is 13.4. The molecule has 28 heavy (non-hydrogen) atoms. The predicted molar refractivity (Wildman–Crippen MR) is 127 cm³/mol. The zero-order chi connectivity index (χ0) is 19.2. The summed E-state index contributed by atoms with van der Waals surface area (Å²) in [5.74, 6) is 1.42. The van der Waals surface area contributed by atoms with Gasteiger partial charge in [0.05, 0.1) is 0 Å². The Morgan fingerprint density at radius 1 is 1.21 bits per heavy atom. The van der Waals surface area contributed by atoms with Gasteiger partial charge in [0.2, 0.25) is 0 Å². The number of aliphatic imine (C=N–C) groups is 1. The lowest BCUT2D eigenvalue weighted by Crippen LogP contribution is -2.52. The van der Waals surface area contributed by atoms with Crippen LogP contribution in [0.3, 0.4) is 0 Å². The minimum Gasteiger partial charge on any atom is -0.369 e. The van der Waals surface area contributed by atoms with Crippen LogP contribution < -0.4 is 15.5 Å². The topological polar surface area (TPSA) is 42.9 Å². The highest BCUT2D eigenvalue weighted by molar-refractivity contribution is 14.0. The van der Waals surface area contributed by atoms with Gasteiger partial charge < -0.3 is 20.4 Å². The van der Waals surface area contributed by atoms with E-state index in [4.69, 9.17) is 0 Å². The van der Waals surface area contributed by atoms with Crippen molar-refractivity contribution in [2.24, 2.45) is 10.9 Å². The van der Waals surface area contributed by atoms with Crippen LogP contribution in [0.4, 0.5) is 10.1 Å². The first kappa shape index (κ1) is 23.2. The molecule has 2 saturated heterocycles. The van der Waals surface area contributed by atoms with Crippen LogP contribution in [0.15, 0.2) is 23.2 Å². The van der Waals surface area contributed by atoms with Crippen molar-refractivity contribution < 1.29 is 4.39 Å². The van der Waals surface area contributed by atoms with Crippen LogP contribution in [0.5, 0.6) is 0 Å². The monoisotopic (exact) mass is 503 g/mol. The number of likely N-dealkylation sites (tertiary alicyclic amines) is 1. The van der Waals surface area contributed by atoms with Gasteiger partial charge in [-0.1, -0.05) is 0 Å². The number of anilines is 1. The molecule has 3 rings (SSSR count). The van der Waals surface area contributed by atoms with Crippen molar-refractivity contribution in [3.05, 3.63) is 29.6 Å². The molecule has 2 aliphatic rings. The summed E-state index contributed by atoms with van der Waals surface area (Å²) in [6, 6.07) is 5.43. The third-order valence-corrected chi connectivity index (χ3v) is 5.77. The quantitative estimate of drug-likeness (QED) is 0.376. The van der Waals surface area contributed by atoms with Crippen LogP contribution in [-0.4, -0.2) is 63.7 Å². The van der Waals surface area contributed by atoms with Crippen molar-refractivity contribution >= 4 is 35.6 Å². The van der Waals surface area contributed by atoms with Crippen LogP contribution in [0.2, 0.25) is 0 Å². The van der Waals surface area contributed by atoms with Gasteiger partial charge in [0, 0.05) is 45.0 Å². The van der Waals surface area contributed by atoms with Crippen molar-refractivity contribution in [2.75, 3.05) is 51.7 Å². The molecule has 0 bridgehead atoms. The van der Waals surface area contributed by atoms with Crippen LogP contribution in [0, 0.1) is 18.7 Å². The average Bonchev–Trinajstić information content (AvgIpc) is 2.65. The molecule has 158 valence electrons. The summed E-state index contributed by atoms with van der Waals surface area (Å²) in [6.07, 6.45) is 4.82. The van der Waals surface area contributed by atoms with E-state index in [0.29, 0.717) is 12.0 Å². The van der Waals surface area contributed by atoms with E-state index < -0.39 is 0 Å². The Labute approximate surface area is 186 Å². The average molecular weight is 503 g/mol. The number of benzene rings is 1. The van der Waals surface area contributed by atoms with E-state index >= 15 is 0 Å². The maximum Gasteiger partial charge on any atom is 0.191 e. The van der Waals surface area contributed by atoms with E-state index in [1.54, 1.807) is 12.1 Å². The summed E-state index contributed by atoms with van der Waals surface area (Å²) in [5.41, 5.74) is 2.13. The van der Waals surface area contributed by atoms with Crippen molar-refractivity contribution in [1.29, 1.82) is 0 Å². The lowest BCUT2D eigenvalue weighted by atomic mass is 9.98. The molecule has 2 heterocycles. The Morgan fingerprint density at radius 3 is 2.71 bits per heavy atom. The first-order valence-corrected chi connectivity index (χ1v) is 10.2. The first-order chi connectivity index (χ1) is 13.0. The normalized spacial score (nSPS) is 23.9. The fraction of sp³-hybridized carbons (Fsp3) is 0.667. The molecule has 0 aliphatic carbocycles. The molecule has 0 spiro atoms. The van der Waals surface area contributed by atoms with Gasteiger partial charge in [-0.3, -0.25) is 4.99 Å². The van der Waals surface area contributed by atoms with Crippen molar-refractivity contribution in [1.82, 2.24) is 15.5 Å². The number of piperidine rings is 2. The third kappa shape index (κ3) is 6.47. The zero-order valence-corrected chi connectivity index (χ0v) is 19.7.